The minimum absolute atomic E-state index is 0.144. The summed E-state index contributed by atoms with van der Waals surface area (Å²) in [5.74, 6) is 0. The molecule has 1 saturated carbocycles. The Morgan fingerprint density at radius 1 is 1.00 bits per heavy atom. The van der Waals surface area contributed by atoms with Gasteiger partial charge in [-0.15, -0.1) is 0 Å². The molecule has 2 fully saturated rings. The normalized spacial score (nSPS) is 38.3. The van der Waals surface area contributed by atoms with Gasteiger partial charge >= 0.3 is 0 Å². The summed E-state index contributed by atoms with van der Waals surface area (Å²) in [4.78, 5) is 0. The van der Waals surface area contributed by atoms with E-state index in [1.807, 2.05) is 0 Å². The zero-order chi connectivity index (χ0) is 14.0. The van der Waals surface area contributed by atoms with E-state index in [0.29, 0.717) is 18.1 Å². The van der Waals surface area contributed by atoms with Crippen LogP contribution in [-0.4, -0.2) is 43.1 Å². The number of rotatable bonds is 3. The van der Waals surface area contributed by atoms with Gasteiger partial charge in [-0.2, -0.15) is 0 Å². The largest absolute Gasteiger partial charge is 0.252 e. The molecule has 0 bridgehead atoms. The summed E-state index contributed by atoms with van der Waals surface area (Å²) in [5, 5.41) is 2.23. The molecule has 1 aliphatic heterocycles. The number of hydrogen-bond donors (Lipinski definition) is 1. The molecule has 0 aromatic heterocycles. The lowest BCUT2D eigenvalue weighted by Crippen LogP contribution is -2.56. The van der Waals surface area contributed by atoms with E-state index in [-0.39, 0.29) is 5.25 Å². The first kappa shape index (κ1) is 15.3. The van der Waals surface area contributed by atoms with Crippen molar-refractivity contribution in [3.63, 3.8) is 0 Å². The maximum Gasteiger partial charge on any atom is 0.150 e. The monoisotopic (exact) mass is 288 g/mol. The number of hydrogen-bond acceptors (Lipinski definition) is 4. The summed E-state index contributed by atoms with van der Waals surface area (Å²) in [6.45, 7) is 4.53. The van der Waals surface area contributed by atoms with Crippen LogP contribution < -0.4 is 5.43 Å². The molecule has 5 heteroatoms. The third kappa shape index (κ3) is 3.92. The standard InChI is InChI=1S/C14H28N2O2S/c1-11-6-4-7-12(2)16(11)15-13-8-5-9-14(10-13)19(3,17)18/h11-15H,4-10H2,1-3H3. The lowest BCUT2D eigenvalue weighted by Gasteiger charge is -2.43. The highest BCUT2D eigenvalue weighted by atomic mass is 32.2. The minimum Gasteiger partial charge on any atom is -0.252 e. The van der Waals surface area contributed by atoms with Crippen molar-refractivity contribution >= 4 is 9.84 Å². The van der Waals surface area contributed by atoms with Gasteiger partial charge in [-0.05, 0) is 46.0 Å². The van der Waals surface area contributed by atoms with Gasteiger partial charge in [-0.25, -0.2) is 13.4 Å². The summed E-state index contributed by atoms with van der Waals surface area (Å²) >= 11 is 0. The first-order valence-electron chi connectivity index (χ1n) is 7.61. The molecular formula is C14H28N2O2S. The average molecular weight is 288 g/mol. The number of nitrogens with one attached hydrogen (secondary N) is 1. The van der Waals surface area contributed by atoms with Crippen molar-refractivity contribution < 1.29 is 8.42 Å². The predicted octanol–water partition coefficient (Wildman–Crippen LogP) is 2.11. The molecule has 0 aromatic carbocycles. The molecule has 4 nitrogen and oxygen atoms in total. The number of piperidine rings is 1. The third-order valence-corrected chi connectivity index (χ3v) is 6.40. The Kier molecular flexibility index (Phi) is 4.90. The zero-order valence-electron chi connectivity index (χ0n) is 12.4. The highest BCUT2D eigenvalue weighted by molar-refractivity contribution is 7.91. The first-order chi connectivity index (χ1) is 8.88. The van der Waals surface area contributed by atoms with E-state index in [1.54, 1.807) is 0 Å². The first-order valence-corrected chi connectivity index (χ1v) is 9.56. The number of sulfone groups is 1. The summed E-state index contributed by atoms with van der Waals surface area (Å²) in [6.07, 6.45) is 8.88. The van der Waals surface area contributed by atoms with Gasteiger partial charge in [-0.1, -0.05) is 12.8 Å². The van der Waals surface area contributed by atoms with Crippen molar-refractivity contribution in [2.75, 3.05) is 6.26 Å². The molecule has 2 aliphatic rings. The van der Waals surface area contributed by atoms with Crippen molar-refractivity contribution in [1.29, 1.82) is 0 Å². The molecular weight excluding hydrogens is 260 g/mol. The second-order valence-electron chi connectivity index (χ2n) is 6.48. The van der Waals surface area contributed by atoms with Gasteiger partial charge in [-0.3, -0.25) is 5.43 Å². The van der Waals surface area contributed by atoms with Crippen LogP contribution in [0.3, 0.4) is 0 Å². The fourth-order valence-corrected chi connectivity index (χ4v) is 4.71. The third-order valence-electron chi connectivity index (χ3n) is 4.76. The molecule has 1 saturated heterocycles. The smallest absolute Gasteiger partial charge is 0.150 e. The van der Waals surface area contributed by atoms with Crippen LogP contribution in [0.2, 0.25) is 0 Å². The predicted molar refractivity (Wildman–Crippen MR) is 78.6 cm³/mol. The van der Waals surface area contributed by atoms with Crippen molar-refractivity contribution in [3.05, 3.63) is 0 Å². The van der Waals surface area contributed by atoms with E-state index in [9.17, 15) is 8.42 Å². The Labute approximate surface area is 117 Å². The van der Waals surface area contributed by atoms with Crippen LogP contribution in [0.5, 0.6) is 0 Å². The van der Waals surface area contributed by atoms with Crippen molar-refractivity contribution in [1.82, 2.24) is 10.4 Å². The molecule has 1 aliphatic carbocycles. The highest BCUT2D eigenvalue weighted by Crippen LogP contribution is 2.26. The minimum atomic E-state index is -2.89. The highest BCUT2D eigenvalue weighted by Gasteiger charge is 2.32. The van der Waals surface area contributed by atoms with E-state index >= 15 is 0 Å². The van der Waals surface area contributed by atoms with E-state index in [1.165, 1.54) is 25.5 Å². The number of hydrazine groups is 1. The van der Waals surface area contributed by atoms with Crippen LogP contribution in [0.25, 0.3) is 0 Å². The summed E-state index contributed by atoms with van der Waals surface area (Å²) in [5.41, 5.74) is 3.63. The van der Waals surface area contributed by atoms with E-state index in [4.69, 9.17) is 0 Å². The molecule has 0 aromatic rings. The molecule has 112 valence electrons. The molecule has 2 rings (SSSR count). The summed E-state index contributed by atoms with van der Waals surface area (Å²) in [6, 6.07) is 1.45. The average Bonchev–Trinajstić information content (AvgIpc) is 2.33. The fourth-order valence-electron chi connectivity index (χ4n) is 3.54. The quantitative estimate of drug-likeness (QED) is 0.864. The van der Waals surface area contributed by atoms with Crippen LogP contribution in [0.1, 0.15) is 58.8 Å². The molecule has 1 heterocycles. The lowest BCUT2D eigenvalue weighted by atomic mass is 9.94. The molecule has 0 radical (unpaired) electrons. The van der Waals surface area contributed by atoms with Gasteiger partial charge in [0.25, 0.3) is 0 Å². The topological polar surface area (TPSA) is 49.4 Å². The Balaban J connectivity index is 1.95. The van der Waals surface area contributed by atoms with E-state index < -0.39 is 9.84 Å². The molecule has 0 spiro atoms. The van der Waals surface area contributed by atoms with Gasteiger partial charge in [0.1, 0.15) is 9.84 Å². The van der Waals surface area contributed by atoms with Crippen molar-refractivity contribution in [2.45, 2.75) is 82.2 Å². The molecule has 19 heavy (non-hydrogen) atoms. The Hall–Kier alpha value is -0.130. The van der Waals surface area contributed by atoms with Crippen LogP contribution in [0.15, 0.2) is 0 Å². The maximum absolute atomic E-state index is 11.7. The van der Waals surface area contributed by atoms with Gasteiger partial charge in [0.15, 0.2) is 0 Å². The second-order valence-corrected chi connectivity index (χ2v) is 8.81. The van der Waals surface area contributed by atoms with Crippen LogP contribution in [0, 0.1) is 0 Å². The Bertz CT molecular complexity index is 386. The van der Waals surface area contributed by atoms with Crippen molar-refractivity contribution in [2.24, 2.45) is 0 Å². The SMILES string of the molecule is CC1CCCC(C)N1NC1CCCC(S(C)(=O)=O)C1. The fraction of sp³-hybridized carbons (Fsp3) is 1.00. The van der Waals surface area contributed by atoms with Gasteiger partial charge < -0.3 is 0 Å². The second kappa shape index (κ2) is 6.10. The van der Waals surface area contributed by atoms with E-state index in [0.717, 1.165) is 25.7 Å². The van der Waals surface area contributed by atoms with E-state index in [2.05, 4.69) is 24.3 Å². The summed E-state index contributed by atoms with van der Waals surface area (Å²) in [7, 11) is -2.89. The number of nitrogens with zero attached hydrogens (tertiary/aromatic N) is 1. The van der Waals surface area contributed by atoms with Crippen molar-refractivity contribution in [3.8, 4) is 0 Å². The van der Waals surface area contributed by atoms with Crippen LogP contribution in [0.4, 0.5) is 0 Å². The summed E-state index contributed by atoms with van der Waals surface area (Å²) < 4.78 is 23.4. The van der Waals surface area contributed by atoms with Gasteiger partial charge in [0, 0.05) is 24.4 Å². The molecule has 1 N–H and O–H groups in total. The van der Waals surface area contributed by atoms with Crippen LogP contribution >= 0.6 is 0 Å². The van der Waals surface area contributed by atoms with Gasteiger partial charge in [0.2, 0.25) is 0 Å². The van der Waals surface area contributed by atoms with Crippen LogP contribution in [-0.2, 0) is 9.84 Å². The zero-order valence-corrected chi connectivity index (χ0v) is 13.2. The lowest BCUT2D eigenvalue weighted by molar-refractivity contribution is 0.0232. The van der Waals surface area contributed by atoms with Gasteiger partial charge in [0.05, 0.1) is 5.25 Å². The molecule has 0 amide bonds. The molecule has 4 atom stereocenters. The molecule has 4 unspecified atom stereocenters. The maximum atomic E-state index is 11.7. The Morgan fingerprint density at radius 2 is 1.58 bits per heavy atom. The Morgan fingerprint density at radius 3 is 2.16 bits per heavy atom.